The van der Waals surface area contributed by atoms with Crippen molar-refractivity contribution < 1.29 is 27.9 Å². The lowest BCUT2D eigenvalue weighted by Gasteiger charge is -2.33. The van der Waals surface area contributed by atoms with Gasteiger partial charge in [0.1, 0.15) is 5.69 Å². The smallest absolute Gasteiger partial charge is 0.475 e. The van der Waals surface area contributed by atoms with Gasteiger partial charge in [-0.05, 0) is 44.4 Å². The Morgan fingerprint density at radius 1 is 1.09 bits per heavy atom. The SMILES string of the molecule is CC1CCCCN1C(=O)c1cc(-c2cnc(-c3cccnc3)nc2)cn1C.O=C(O)C(F)(F)F. The van der Waals surface area contributed by atoms with Crippen molar-refractivity contribution in [2.45, 2.75) is 38.4 Å². The summed E-state index contributed by atoms with van der Waals surface area (Å²) in [5.74, 6) is -2.02. The third-order valence-corrected chi connectivity index (χ3v) is 5.44. The number of rotatable bonds is 3. The van der Waals surface area contributed by atoms with E-state index in [0.717, 1.165) is 36.1 Å². The number of carboxylic acids is 1. The van der Waals surface area contributed by atoms with Gasteiger partial charge in [-0.15, -0.1) is 0 Å². The van der Waals surface area contributed by atoms with Crippen molar-refractivity contribution in [1.29, 1.82) is 0 Å². The maximum absolute atomic E-state index is 13.0. The fourth-order valence-corrected chi connectivity index (χ4v) is 3.60. The largest absolute Gasteiger partial charge is 0.490 e. The first-order chi connectivity index (χ1) is 16.1. The number of halogens is 3. The third-order valence-electron chi connectivity index (χ3n) is 5.44. The lowest BCUT2D eigenvalue weighted by atomic mass is 10.0. The normalized spacial score (nSPS) is 15.9. The second-order valence-corrected chi connectivity index (χ2v) is 7.91. The highest BCUT2D eigenvalue weighted by molar-refractivity contribution is 5.94. The van der Waals surface area contributed by atoms with Gasteiger partial charge in [0.2, 0.25) is 0 Å². The van der Waals surface area contributed by atoms with Gasteiger partial charge >= 0.3 is 12.1 Å². The molecule has 0 aliphatic carbocycles. The molecule has 1 aliphatic heterocycles. The predicted octanol–water partition coefficient (Wildman–Crippen LogP) is 4.19. The van der Waals surface area contributed by atoms with Crippen LogP contribution in [0.1, 0.15) is 36.7 Å². The van der Waals surface area contributed by atoms with Crippen LogP contribution >= 0.6 is 0 Å². The predicted molar refractivity (Wildman–Crippen MR) is 118 cm³/mol. The van der Waals surface area contributed by atoms with Gasteiger partial charge in [-0.2, -0.15) is 13.2 Å². The number of aryl methyl sites for hydroxylation is 1. The Labute approximate surface area is 194 Å². The summed E-state index contributed by atoms with van der Waals surface area (Å²) in [6, 6.07) is 6.03. The van der Waals surface area contributed by atoms with E-state index in [1.54, 1.807) is 24.8 Å². The van der Waals surface area contributed by atoms with Crippen molar-refractivity contribution in [2.24, 2.45) is 7.05 Å². The van der Waals surface area contributed by atoms with E-state index >= 15 is 0 Å². The molecule has 0 bridgehead atoms. The Morgan fingerprint density at radius 3 is 2.32 bits per heavy atom. The summed E-state index contributed by atoms with van der Waals surface area (Å²) >= 11 is 0. The average Bonchev–Trinajstić information content (AvgIpc) is 3.21. The van der Waals surface area contributed by atoms with Gasteiger partial charge < -0.3 is 14.6 Å². The van der Waals surface area contributed by atoms with Gasteiger partial charge in [0.25, 0.3) is 5.91 Å². The van der Waals surface area contributed by atoms with Crippen LogP contribution in [-0.2, 0) is 11.8 Å². The van der Waals surface area contributed by atoms with Gasteiger partial charge in [-0.25, -0.2) is 14.8 Å². The van der Waals surface area contributed by atoms with E-state index in [1.807, 2.05) is 40.9 Å². The molecule has 0 radical (unpaired) electrons. The number of carbonyl (C=O) groups is 2. The Balaban J connectivity index is 0.000000406. The molecule has 4 heterocycles. The zero-order valence-corrected chi connectivity index (χ0v) is 18.7. The van der Waals surface area contributed by atoms with Crippen LogP contribution in [0.15, 0.2) is 49.2 Å². The molecule has 11 heteroatoms. The molecular weight excluding hydrogens is 451 g/mol. The highest BCUT2D eigenvalue weighted by atomic mass is 19.4. The zero-order chi connectivity index (χ0) is 24.9. The average molecular weight is 475 g/mol. The topological polar surface area (TPSA) is 101 Å². The Hall–Kier alpha value is -3.76. The van der Waals surface area contributed by atoms with Crippen LogP contribution in [0.3, 0.4) is 0 Å². The molecule has 1 aliphatic rings. The first kappa shape index (κ1) is 24.9. The number of hydrogen-bond acceptors (Lipinski definition) is 5. The molecule has 8 nitrogen and oxygen atoms in total. The minimum absolute atomic E-state index is 0.101. The molecule has 180 valence electrons. The number of carboxylic acid groups (broad SMARTS) is 1. The van der Waals surface area contributed by atoms with Gasteiger partial charge in [0.15, 0.2) is 5.82 Å². The van der Waals surface area contributed by atoms with Gasteiger partial charge in [-0.3, -0.25) is 9.78 Å². The number of amides is 1. The molecule has 34 heavy (non-hydrogen) atoms. The van der Waals surface area contributed by atoms with Crippen molar-refractivity contribution >= 4 is 11.9 Å². The summed E-state index contributed by atoms with van der Waals surface area (Å²) in [5, 5.41) is 7.12. The molecule has 1 atom stereocenters. The summed E-state index contributed by atoms with van der Waals surface area (Å²) < 4.78 is 33.6. The van der Waals surface area contributed by atoms with Gasteiger partial charge in [-0.1, -0.05) is 0 Å². The molecule has 4 rings (SSSR count). The van der Waals surface area contributed by atoms with Crippen molar-refractivity contribution in [2.75, 3.05) is 6.54 Å². The summed E-state index contributed by atoms with van der Waals surface area (Å²) in [7, 11) is 1.91. The molecule has 0 spiro atoms. The lowest BCUT2D eigenvalue weighted by molar-refractivity contribution is -0.192. The summed E-state index contributed by atoms with van der Waals surface area (Å²) in [5.41, 5.74) is 3.43. The number of piperidine rings is 1. The van der Waals surface area contributed by atoms with E-state index in [-0.39, 0.29) is 5.91 Å². The highest BCUT2D eigenvalue weighted by Crippen LogP contribution is 2.25. The standard InChI is InChI=1S/C21H23N5O.C2HF3O2/c1-15-6-3-4-9-26(15)21(27)19-10-17(14-25(19)2)18-12-23-20(24-13-18)16-7-5-8-22-11-16;3-2(4,5)1(6)7/h5,7-8,10-15H,3-4,6,9H2,1-2H3;(H,6,7). The number of aliphatic carboxylic acids is 1. The quantitative estimate of drug-likeness (QED) is 0.610. The summed E-state index contributed by atoms with van der Waals surface area (Å²) in [6.07, 6.45) is 7.29. The fraction of sp³-hybridized carbons (Fsp3) is 0.348. The zero-order valence-electron chi connectivity index (χ0n) is 18.7. The van der Waals surface area contributed by atoms with Crippen molar-refractivity contribution in [3.63, 3.8) is 0 Å². The van der Waals surface area contributed by atoms with Crippen LogP contribution in [0.25, 0.3) is 22.5 Å². The third kappa shape index (κ3) is 5.97. The molecule has 0 aromatic carbocycles. The molecule has 3 aromatic heterocycles. The monoisotopic (exact) mass is 475 g/mol. The number of alkyl halides is 3. The maximum Gasteiger partial charge on any atom is 0.490 e. The Bertz CT molecular complexity index is 1130. The molecule has 1 amide bonds. The van der Waals surface area contributed by atoms with Crippen LogP contribution in [0.4, 0.5) is 13.2 Å². The van der Waals surface area contributed by atoms with E-state index in [9.17, 15) is 18.0 Å². The summed E-state index contributed by atoms with van der Waals surface area (Å²) in [4.78, 5) is 36.9. The van der Waals surface area contributed by atoms with Crippen molar-refractivity contribution in [3.05, 3.63) is 54.9 Å². The van der Waals surface area contributed by atoms with E-state index in [2.05, 4.69) is 21.9 Å². The van der Waals surface area contributed by atoms with Crippen molar-refractivity contribution in [1.82, 2.24) is 24.4 Å². The molecule has 3 aromatic rings. The Morgan fingerprint density at radius 2 is 1.76 bits per heavy atom. The van der Waals surface area contributed by atoms with E-state index in [1.165, 1.54) is 6.42 Å². The molecule has 0 saturated carbocycles. The minimum Gasteiger partial charge on any atom is -0.475 e. The second-order valence-electron chi connectivity index (χ2n) is 7.91. The Kier molecular flexibility index (Phi) is 7.64. The van der Waals surface area contributed by atoms with Crippen LogP contribution in [0, 0.1) is 0 Å². The second kappa shape index (κ2) is 10.4. The lowest BCUT2D eigenvalue weighted by Crippen LogP contribution is -2.42. The number of hydrogen-bond donors (Lipinski definition) is 1. The van der Waals surface area contributed by atoms with Crippen molar-refractivity contribution in [3.8, 4) is 22.5 Å². The molecular formula is C23H24F3N5O3. The van der Waals surface area contributed by atoms with E-state index < -0.39 is 12.1 Å². The first-order valence-corrected chi connectivity index (χ1v) is 10.6. The van der Waals surface area contributed by atoms with Crippen LogP contribution in [0.5, 0.6) is 0 Å². The molecule has 1 unspecified atom stereocenters. The maximum atomic E-state index is 13.0. The highest BCUT2D eigenvalue weighted by Gasteiger charge is 2.38. The number of carbonyl (C=O) groups excluding carboxylic acids is 1. The number of pyridine rings is 1. The van der Waals surface area contributed by atoms with E-state index in [0.29, 0.717) is 17.6 Å². The summed E-state index contributed by atoms with van der Waals surface area (Å²) in [6.45, 7) is 2.97. The van der Waals surface area contributed by atoms with Gasteiger partial charge in [0.05, 0.1) is 0 Å². The number of likely N-dealkylation sites (tertiary alicyclic amines) is 1. The number of nitrogens with zero attached hydrogens (tertiary/aromatic N) is 5. The minimum atomic E-state index is -5.08. The fourth-order valence-electron chi connectivity index (χ4n) is 3.60. The molecule has 1 N–H and O–H groups in total. The molecule has 1 saturated heterocycles. The van der Waals surface area contributed by atoms with Crippen LogP contribution < -0.4 is 0 Å². The molecule has 1 fully saturated rings. The van der Waals surface area contributed by atoms with Gasteiger partial charge in [0, 0.05) is 67.3 Å². The van der Waals surface area contributed by atoms with Crippen LogP contribution in [-0.4, -0.2) is 60.2 Å². The number of aromatic nitrogens is 4. The van der Waals surface area contributed by atoms with Crippen LogP contribution in [0.2, 0.25) is 0 Å². The first-order valence-electron chi connectivity index (χ1n) is 10.6. The van der Waals surface area contributed by atoms with E-state index in [4.69, 9.17) is 9.90 Å².